The first-order valence-corrected chi connectivity index (χ1v) is 6.56. The van der Waals surface area contributed by atoms with E-state index in [1.165, 1.54) is 0 Å². The predicted molar refractivity (Wildman–Crippen MR) is 62.8 cm³/mol. The minimum Gasteiger partial charge on any atom is -0.330 e. The van der Waals surface area contributed by atoms with Crippen molar-refractivity contribution in [3.8, 4) is 0 Å². The molecule has 17 heavy (non-hydrogen) atoms. The maximum Gasteiger partial charge on any atom is 0.404 e. The van der Waals surface area contributed by atoms with Crippen LogP contribution in [0.4, 0.5) is 13.2 Å². The molecule has 0 aromatic heterocycles. The zero-order valence-electron chi connectivity index (χ0n) is 10.3. The predicted octanol–water partition coefficient (Wildman–Crippen LogP) is 2.92. The lowest BCUT2D eigenvalue weighted by molar-refractivity contribution is -0.191. The highest BCUT2D eigenvalue weighted by atomic mass is 19.4. The zero-order valence-corrected chi connectivity index (χ0v) is 10.3. The minimum atomic E-state index is -4.06. The molecule has 1 fully saturated rings. The zero-order chi connectivity index (χ0) is 12.7. The van der Waals surface area contributed by atoms with E-state index in [4.69, 9.17) is 5.73 Å². The molecule has 0 saturated carbocycles. The second-order valence-electron chi connectivity index (χ2n) is 4.79. The number of halogens is 3. The Labute approximate surface area is 101 Å². The van der Waals surface area contributed by atoms with E-state index in [2.05, 4.69) is 0 Å². The Hall–Kier alpha value is -0.290. The van der Waals surface area contributed by atoms with Crippen LogP contribution in [-0.4, -0.2) is 36.8 Å². The normalized spacial score (nSPS) is 22.9. The van der Waals surface area contributed by atoms with Crippen LogP contribution in [-0.2, 0) is 0 Å². The molecule has 1 rings (SSSR count). The molecule has 1 heterocycles. The number of hydrogen-bond donors (Lipinski definition) is 1. The number of nitrogens with two attached hydrogens (primary N) is 1. The van der Waals surface area contributed by atoms with E-state index < -0.39 is 12.2 Å². The van der Waals surface area contributed by atoms with Gasteiger partial charge in [0.05, 0.1) is 0 Å². The van der Waals surface area contributed by atoms with Crippen molar-refractivity contribution in [3.05, 3.63) is 0 Å². The third-order valence-electron chi connectivity index (χ3n) is 3.39. The van der Waals surface area contributed by atoms with E-state index in [9.17, 15) is 13.2 Å². The van der Waals surface area contributed by atoms with Gasteiger partial charge < -0.3 is 5.73 Å². The molecule has 1 saturated heterocycles. The van der Waals surface area contributed by atoms with Crippen LogP contribution in [0.15, 0.2) is 0 Å². The molecule has 0 aliphatic carbocycles. The molecule has 0 amide bonds. The van der Waals surface area contributed by atoms with Gasteiger partial charge in [-0.3, -0.25) is 4.90 Å². The summed E-state index contributed by atoms with van der Waals surface area (Å²) in [5, 5.41) is 0. The number of nitrogens with zero attached hydrogens (tertiary/aromatic N) is 1. The highest BCUT2D eigenvalue weighted by Gasteiger charge is 2.43. The van der Waals surface area contributed by atoms with E-state index in [1.807, 2.05) is 0 Å². The Bertz CT molecular complexity index is 206. The lowest BCUT2D eigenvalue weighted by Crippen LogP contribution is -2.48. The lowest BCUT2D eigenvalue weighted by Gasteiger charge is -2.36. The summed E-state index contributed by atoms with van der Waals surface area (Å²) >= 11 is 0. The van der Waals surface area contributed by atoms with Gasteiger partial charge in [0, 0.05) is 0 Å². The highest BCUT2D eigenvalue weighted by Crippen LogP contribution is 2.31. The summed E-state index contributed by atoms with van der Waals surface area (Å²) in [5.74, 6) is 0. The van der Waals surface area contributed by atoms with Crippen LogP contribution in [0.3, 0.4) is 0 Å². The topological polar surface area (TPSA) is 29.3 Å². The van der Waals surface area contributed by atoms with Gasteiger partial charge in [-0.25, -0.2) is 0 Å². The summed E-state index contributed by atoms with van der Waals surface area (Å²) in [6.45, 7) is 1.85. The molecule has 5 heteroatoms. The molecule has 1 unspecified atom stereocenters. The van der Waals surface area contributed by atoms with Crippen LogP contribution < -0.4 is 5.73 Å². The first-order chi connectivity index (χ1) is 8.05. The Balaban J connectivity index is 2.28. The van der Waals surface area contributed by atoms with Crippen molar-refractivity contribution in [3.63, 3.8) is 0 Å². The van der Waals surface area contributed by atoms with Gasteiger partial charge in [0.2, 0.25) is 0 Å². The molecule has 1 aliphatic rings. The minimum absolute atomic E-state index is 0.270. The van der Waals surface area contributed by atoms with Crippen LogP contribution in [0.2, 0.25) is 0 Å². The van der Waals surface area contributed by atoms with Gasteiger partial charge in [-0.05, 0) is 45.3 Å². The smallest absolute Gasteiger partial charge is 0.330 e. The number of likely N-dealkylation sites (tertiary alicyclic amines) is 1. The SMILES string of the molecule is NCCCCCCN1CCCCC1C(F)(F)F. The van der Waals surface area contributed by atoms with Gasteiger partial charge in [0.1, 0.15) is 6.04 Å². The fourth-order valence-corrected chi connectivity index (χ4v) is 2.44. The largest absolute Gasteiger partial charge is 0.404 e. The van der Waals surface area contributed by atoms with Crippen LogP contribution in [0.5, 0.6) is 0 Å². The van der Waals surface area contributed by atoms with Crippen LogP contribution in [0.1, 0.15) is 44.9 Å². The second kappa shape index (κ2) is 7.21. The molecule has 2 nitrogen and oxygen atoms in total. The summed E-state index contributed by atoms with van der Waals surface area (Å²) < 4.78 is 38.3. The Morgan fingerprint density at radius 2 is 1.76 bits per heavy atom. The van der Waals surface area contributed by atoms with E-state index in [1.54, 1.807) is 4.90 Å². The van der Waals surface area contributed by atoms with Crippen LogP contribution in [0, 0.1) is 0 Å². The molecule has 0 bridgehead atoms. The van der Waals surface area contributed by atoms with Crippen LogP contribution >= 0.6 is 0 Å². The molecule has 0 aromatic rings. The van der Waals surface area contributed by atoms with E-state index in [-0.39, 0.29) is 6.42 Å². The van der Waals surface area contributed by atoms with Crippen LogP contribution in [0.25, 0.3) is 0 Å². The number of unbranched alkanes of at least 4 members (excludes halogenated alkanes) is 3. The first kappa shape index (κ1) is 14.8. The molecule has 1 aliphatic heterocycles. The summed E-state index contributed by atoms with van der Waals surface area (Å²) in [4.78, 5) is 1.62. The van der Waals surface area contributed by atoms with E-state index in [0.717, 1.165) is 32.1 Å². The van der Waals surface area contributed by atoms with Crippen molar-refractivity contribution >= 4 is 0 Å². The summed E-state index contributed by atoms with van der Waals surface area (Å²) in [5.41, 5.74) is 5.37. The van der Waals surface area contributed by atoms with Gasteiger partial charge in [-0.1, -0.05) is 19.3 Å². The van der Waals surface area contributed by atoms with Gasteiger partial charge in [0.15, 0.2) is 0 Å². The van der Waals surface area contributed by atoms with E-state index in [0.29, 0.717) is 26.1 Å². The average molecular weight is 252 g/mol. The number of piperidine rings is 1. The number of hydrogen-bond acceptors (Lipinski definition) is 2. The lowest BCUT2D eigenvalue weighted by atomic mass is 10.0. The molecule has 0 spiro atoms. The van der Waals surface area contributed by atoms with Gasteiger partial charge in [0.25, 0.3) is 0 Å². The number of alkyl halides is 3. The average Bonchev–Trinajstić information content (AvgIpc) is 2.28. The standard InChI is InChI=1S/C12H23F3N2/c13-12(14,15)11-7-3-6-10-17(11)9-5-2-1-4-8-16/h11H,1-10,16H2. The molecule has 1 atom stereocenters. The third-order valence-corrected chi connectivity index (χ3v) is 3.39. The molecular formula is C12H23F3N2. The monoisotopic (exact) mass is 252 g/mol. The molecular weight excluding hydrogens is 229 g/mol. The molecule has 0 radical (unpaired) electrons. The Morgan fingerprint density at radius 3 is 2.41 bits per heavy atom. The van der Waals surface area contributed by atoms with Crippen molar-refractivity contribution in [1.82, 2.24) is 4.90 Å². The van der Waals surface area contributed by atoms with Crippen molar-refractivity contribution in [2.45, 2.75) is 57.2 Å². The van der Waals surface area contributed by atoms with E-state index >= 15 is 0 Å². The number of rotatable bonds is 6. The molecule has 102 valence electrons. The fourth-order valence-electron chi connectivity index (χ4n) is 2.44. The maximum atomic E-state index is 12.8. The first-order valence-electron chi connectivity index (χ1n) is 6.56. The molecule has 2 N–H and O–H groups in total. The van der Waals surface area contributed by atoms with Gasteiger partial charge >= 0.3 is 6.18 Å². The van der Waals surface area contributed by atoms with Crippen molar-refractivity contribution in [2.75, 3.05) is 19.6 Å². The quantitative estimate of drug-likeness (QED) is 0.736. The summed E-state index contributed by atoms with van der Waals surface area (Å²) in [7, 11) is 0. The van der Waals surface area contributed by atoms with Crippen molar-refractivity contribution in [2.24, 2.45) is 5.73 Å². The maximum absolute atomic E-state index is 12.8. The van der Waals surface area contributed by atoms with Crippen molar-refractivity contribution < 1.29 is 13.2 Å². The molecule has 0 aromatic carbocycles. The fraction of sp³-hybridized carbons (Fsp3) is 1.00. The Morgan fingerprint density at radius 1 is 1.06 bits per heavy atom. The van der Waals surface area contributed by atoms with Crippen molar-refractivity contribution in [1.29, 1.82) is 0 Å². The summed E-state index contributed by atoms with van der Waals surface area (Å²) in [6.07, 6.45) is 1.65. The second-order valence-corrected chi connectivity index (χ2v) is 4.79. The van der Waals surface area contributed by atoms with Gasteiger partial charge in [-0.15, -0.1) is 0 Å². The third kappa shape index (κ3) is 5.25. The highest BCUT2D eigenvalue weighted by molar-refractivity contribution is 4.82. The summed E-state index contributed by atoms with van der Waals surface area (Å²) in [6, 6.07) is -1.20. The Kier molecular flexibility index (Phi) is 6.27. The van der Waals surface area contributed by atoms with Gasteiger partial charge in [-0.2, -0.15) is 13.2 Å².